The fourth-order valence-electron chi connectivity index (χ4n) is 3.04. The second kappa shape index (κ2) is 3.10. The maximum absolute atomic E-state index is 11.3. The summed E-state index contributed by atoms with van der Waals surface area (Å²) in [6.07, 6.45) is 7.18. The SMILES string of the molecule is CC1(C)C(C=C2CCCC2)C1(C)C(=O)O. The van der Waals surface area contributed by atoms with E-state index < -0.39 is 11.4 Å². The predicted octanol–water partition coefficient (Wildman–Crippen LogP) is 3.23. The number of hydrogen-bond acceptors (Lipinski definition) is 1. The van der Waals surface area contributed by atoms with E-state index in [4.69, 9.17) is 0 Å². The van der Waals surface area contributed by atoms with Gasteiger partial charge in [0, 0.05) is 0 Å². The van der Waals surface area contributed by atoms with Crippen molar-refractivity contribution in [2.24, 2.45) is 16.7 Å². The van der Waals surface area contributed by atoms with Crippen molar-refractivity contribution in [2.75, 3.05) is 0 Å². The van der Waals surface area contributed by atoms with Crippen LogP contribution < -0.4 is 0 Å². The maximum atomic E-state index is 11.3. The Morgan fingerprint density at radius 2 is 1.87 bits per heavy atom. The fourth-order valence-corrected chi connectivity index (χ4v) is 3.04. The normalized spacial score (nSPS) is 37.8. The maximum Gasteiger partial charge on any atom is 0.310 e. The highest BCUT2D eigenvalue weighted by atomic mass is 16.4. The number of allylic oxidation sites excluding steroid dienone is 2. The van der Waals surface area contributed by atoms with E-state index in [0.717, 1.165) is 0 Å². The zero-order valence-corrected chi connectivity index (χ0v) is 9.84. The topological polar surface area (TPSA) is 37.3 Å². The molecule has 2 aliphatic rings. The highest BCUT2D eigenvalue weighted by Gasteiger charge is 2.71. The van der Waals surface area contributed by atoms with Gasteiger partial charge in [0.05, 0.1) is 5.41 Å². The standard InChI is InChI=1S/C13H20O2/c1-12(2)10(13(12,3)11(14)15)8-9-6-4-5-7-9/h8,10H,4-7H2,1-3H3,(H,14,15). The molecule has 2 unspecified atom stereocenters. The van der Waals surface area contributed by atoms with Crippen LogP contribution in [0.3, 0.4) is 0 Å². The van der Waals surface area contributed by atoms with Crippen molar-refractivity contribution in [3.8, 4) is 0 Å². The molecule has 0 amide bonds. The molecule has 0 heterocycles. The molecule has 2 aliphatic carbocycles. The van der Waals surface area contributed by atoms with Gasteiger partial charge in [-0.25, -0.2) is 0 Å². The van der Waals surface area contributed by atoms with Gasteiger partial charge in [-0.05, 0) is 43.9 Å². The lowest BCUT2D eigenvalue weighted by Gasteiger charge is -2.06. The number of rotatable bonds is 2. The molecular formula is C13H20O2. The number of aliphatic carboxylic acids is 1. The van der Waals surface area contributed by atoms with Crippen LogP contribution in [0.5, 0.6) is 0 Å². The van der Waals surface area contributed by atoms with Crippen LogP contribution in [-0.2, 0) is 4.79 Å². The van der Waals surface area contributed by atoms with Gasteiger partial charge in [0.2, 0.25) is 0 Å². The van der Waals surface area contributed by atoms with Gasteiger partial charge >= 0.3 is 5.97 Å². The third kappa shape index (κ3) is 1.34. The second-order valence-electron chi connectivity index (χ2n) is 5.74. The molecule has 2 nitrogen and oxygen atoms in total. The lowest BCUT2D eigenvalue weighted by molar-refractivity contribution is -0.144. The Kier molecular flexibility index (Phi) is 2.21. The average molecular weight is 208 g/mol. The van der Waals surface area contributed by atoms with Gasteiger partial charge in [-0.15, -0.1) is 0 Å². The molecule has 2 saturated carbocycles. The summed E-state index contributed by atoms with van der Waals surface area (Å²) in [7, 11) is 0. The minimum Gasteiger partial charge on any atom is -0.481 e. The van der Waals surface area contributed by atoms with Gasteiger partial charge in [0.1, 0.15) is 0 Å². The van der Waals surface area contributed by atoms with Crippen LogP contribution in [0.2, 0.25) is 0 Å². The van der Waals surface area contributed by atoms with Gasteiger partial charge < -0.3 is 5.11 Å². The quantitative estimate of drug-likeness (QED) is 0.707. The second-order valence-corrected chi connectivity index (χ2v) is 5.74. The Labute approximate surface area is 91.4 Å². The summed E-state index contributed by atoms with van der Waals surface area (Å²) in [5, 5.41) is 9.26. The van der Waals surface area contributed by atoms with Crippen LogP contribution >= 0.6 is 0 Å². The summed E-state index contributed by atoms with van der Waals surface area (Å²) in [6, 6.07) is 0. The van der Waals surface area contributed by atoms with Crippen molar-refractivity contribution >= 4 is 5.97 Å². The van der Waals surface area contributed by atoms with Gasteiger partial charge in [-0.3, -0.25) is 4.79 Å². The van der Waals surface area contributed by atoms with E-state index in [1.807, 2.05) is 6.92 Å². The van der Waals surface area contributed by atoms with E-state index >= 15 is 0 Å². The number of carboxylic acids is 1. The third-order valence-electron chi connectivity index (χ3n) is 4.75. The van der Waals surface area contributed by atoms with Gasteiger partial charge in [-0.1, -0.05) is 25.5 Å². The van der Waals surface area contributed by atoms with Crippen molar-refractivity contribution < 1.29 is 9.90 Å². The first-order valence-electron chi connectivity index (χ1n) is 5.83. The summed E-state index contributed by atoms with van der Waals surface area (Å²) < 4.78 is 0. The first-order chi connectivity index (χ1) is 6.90. The monoisotopic (exact) mass is 208 g/mol. The summed E-state index contributed by atoms with van der Waals surface area (Å²) in [4.78, 5) is 11.3. The lowest BCUT2D eigenvalue weighted by Crippen LogP contribution is -2.16. The van der Waals surface area contributed by atoms with Crippen LogP contribution in [0.25, 0.3) is 0 Å². The molecule has 15 heavy (non-hydrogen) atoms. The average Bonchev–Trinajstić information content (AvgIpc) is 2.61. The molecule has 84 valence electrons. The zero-order chi connectivity index (χ0) is 11.3. The summed E-state index contributed by atoms with van der Waals surface area (Å²) in [6.45, 7) is 6.02. The van der Waals surface area contributed by atoms with Gasteiger partial charge in [-0.2, -0.15) is 0 Å². The van der Waals surface area contributed by atoms with Gasteiger partial charge in [0.25, 0.3) is 0 Å². The molecule has 0 aromatic carbocycles. The minimum absolute atomic E-state index is 0.0750. The summed E-state index contributed by atoms with van der Waals surface area (Å²) in [5.41, 5.74) is 0.870. The van der Waals surface area contributed by atoms with Crippen LogP contribution in [-0.4, -0.2) is 11.1 Å². The van der Waals surface area contributed by atoms with Gasteiger partial charge in [0.15, 0.2) is 0 Å². The van der Waals surface area contributed by atoms with E-state index in [0.29, 0.717) is 0 Å². The van der Waals surface area contributed by atoms with E-state index in [1.165, 1.54) is 31.3 Å². The molecule has 0 radical (unpaired) electrons. The molecule has 2 heteroatoms. The molecule has 2 fully saturated rings. The van der Waals surface area contributed by atoms with Crippen LogP contribution in [0.4, 0.5) is 0 Å². The van der Waals surface area contributed by atoms with Crippen molar-refractivity contribution in [2.45, 2.75) is 46.5 Å². The molecular weight excluding hydrogens is 188 g/mol. The van der Waals surface area contributed by atoms with E-state index in [-0.39, 0.29) is 11.3 Å². The number of carboxylic acid groups (broad SMARTS) is 1. The van der Waals surface area contributed by atoms with Crippen LogP contribution in [0.15, 0.2) is 11.6 Å². The number of carbonyl (C=O) groups is 1. The highest BCUT2D eigenvalue weighted by molar-refractivity contribution is 5.81. The van der Waals surface area contributed by atoms with E-state index in [2.05, 4.69) is 19.9 Å². The molecule has 0 saturated heterocycles. The van der Waals surface area contributed by atoms with Crippen LogP contribution in [0.1, 0.15) is 46.5 Å². The first kappa shape index (κ1) is 10.7. The molecule has 1 N–H and O–H groups in total. The Balaban J connectivity index is 2.19. The molecule has 0 bridgehead atoms. The number of hydrogen-bond donors (Lipinski definition) is 1. The van der Waals surface area contributed by atoms with Crippen molar-refractivity contribution in [3.63, 3.8) is 0 Å². The van der Waals surface area contributed by atoms with Crippen molar-refractivity contribution in [1.29, 1.82) is 0 Å². The van der Waals surface area contributed by atoms with Crippen molar-refractivity contribution in [1.82, 2.24) is 0 Å². The summed E-state index contributed by atoms with van der Waals surface area (Å²) in [5.74, 6) is -0.414. The molecule has 0 spiro atoms. The Bertz CT molecular complexity index is 319. The zero-order valence-electron chi connectivity index (χ0n) is 9.84. The Hall–Kier alpha value is -0.790. The molecule has 0 aromatic heterocycles. The largest absolute Gasteiger partial charge is 0.481 e. The smallest absolute Gasteiger partial charge is 0.310 e. The summed E-state index contributed by atoms with van der Waals surface area (Å²) >= 11 is 0. The highest BCUT2D eigenvalue weighted by Crippen LogP contribution is 2.69. The molecule has 2 rings (SSSR count). The van der Waals surface area contributed by atoms with E-state index in [1.54, 1.807) is 0 Å². The predicted molar refractivity (Wildman–Crippen MR) is 59.6 cm³/mol. The molecule has 2 atom stereocenters. The minimum atomic E-state index is -0.646. The molecule has 0 aliphatic heterocycles. The van der Waals surface area contributed by atoms with E-state index in [9.17, 15) is 9.90 Å². The Morgan fingerprint density at radius 3 is 2.27 bits per heavy atom. The van der Waals surface area contributed by atoms with Crippen molar-refractivity contribution in [3.05, 3.63) is 11.6 Å². The van der Waals surface area contributed by atoms with Crippen LogP contribution in [0, 0.1) is 16.7 Å². The lowest BCUT2D eigenvalue weighted by atomic mass is 9.99. The first-order valence-corrected chi connectivity index (χ1v) is 5.83. The third-order valence-corrected chi connectivity index (χ3v) is 4.75. The Morgan fingerprint density at radius 1 is 1.33 bits per heavy atom. The fraction of sp³-hybridized carbons (Fsp3) is 0.769. The molecule has 0 aromatic rings.